The fraction of sp³-hybridized carbons (Fsp3) is 0.900. The average molecular weight is 202 g/mol. The van der Waals surface area contributed by atoms with Crippen LogP contribution in [0, 0.1) is 5.92 Å². The van der Waals surface area contributed by atoms with Crippen molar-refractivity contribution in [1.29, 1.82) is 0 Å². The van der Waals surface area contributed by atoms with Gasteiger partial charge in [0.25, 0.3) is 0 Å². The summed E-state index contributed by atoms with van der Waals surface area (Å²) in [7, 11) is 3.67. The lowest BCUT2D eigenvalue weighted by Gasteiger charge is -2.30. The van der Waals surface area contributed by atoms with Crippen LogP contribution in [0.5, 0.6) is 0 Å². The molecule has 0 N–H and O–H groups in total. The molecule has 0 bridgehead atoms. The standard InChI is InChI=1S/C10H22N2O2/c1-8(2)7-12(11(5)6)10(13)14-9(3)4/h8-9H,7H2,1-6H3. The van der Waals surface area contributed by atoms with Crippen molar-refractivity contribution in [3.05, 3.63) is 0 Å². The maximum absolute atomic E-state index is 11.6. The number of amides is 1. The number of hydrogen-bond acceptors (Lipinski definition) is 3. The summed E-state index contributed by atoms with van der Waals surface area (Å²) in [6.07, 6.45) is -0.351. The Morgan fingerprint density at radius 1 is 1.21 bits per heavy atom. The van der Waals surface area contributed by atoms with Crippen LogP contribution in [0.25, 0.3) is 0 Å². The summed E-state index contributed by atoms with van der Waals surface area (Å²) in [5, 5.41) is 3.36. The molecule has 0 aliphatic heterocycles. The zero-order valence-electron chi connectivity index (χ0n) is 10.1. The minimum Gasteiger partial charge on any atom is -0.446 e. The molecule has 0 aromatic heterocycles. The Morgan fingerprint density at radius 2 is 1.71 bits per heavy atom. The lowest BCUT2D eigenvalue weighted by atomic mass is 10.2. The molecule has 0 aliphatic carbocycles. The van der Waals surface area contributed by atoms with Crippen molar-refractivity contribution in [2.24, 2.45) is 5.92 Å². The van der Waals surface area contributed by atoms with Crippen LogP contribution in [0.4, 0.5) is 4.79 Å². The Hall–Kier alpha value is -0.770. The van der Waals surface area contributed by atoms with Crippen molar-refractivity contribution in [2.75, 3.05) is 20.6 Å². The van der Waals surface area contributed by atoms with Gasteiger partial charge >= 0.3 is 6.09 Å². The second-order valence-corrected chi connectivity index (χ2v) is 4.26. The Labute approximate surface area is 86.8 Å². The van der Waals surface area contributed by atoms with Crippen LogP contribution in [-0.2, 0) is 4.74 Å². The zero-order chi connectivity index (χ0) is 11.3. The second kappa shape index (κ2) is 5.86. The van der Waals surface area contributed by atoms with Gasteiger partial charge in [-0.05, 0) is 19.8 Å². The number of rotatable bonds is 4. The van der Waals surface area contributed by atoms with Gasteiger partial charge in [-0.25, -0.2) is 14.8 Å². The largest absolute Gasteiger partial charge is 0.446 e. The van der Waals surface area contributed by atoms with Gasteiger partial charge in [0, 0.05) is 20.6 Å². The Morgan fingerprint density at radius 3 is 2.00 bits per heavy atom. The predicted octanol–water partition coefficient (Wildman–Crippen LogP) is 1.97. The van der Waals surface area contributed by atoms with Gasteiger partial charge in [-0.1, -0.05) is 13.8 Å². The third kappa shape index (κ3) is 5.07. The number of hydrogen-bond donors (Lipinski definition) is 0. The van der Waals surface area contributed by atoms with E-state index in [1.54, 1.807) is 10.0 Å². The summed E-state index contributed by atoms with van der Waals surface area (Å²) in [4.78, 5) is 11.6. The fourth-order valence-electron chi connectivity index (χ4n) is 1.01. The highest BCUT2D eigenvalue weighted by Gasteiger charge is 2.19. The molecule has 0 atom stereocenters. The van der Waals surface area contributed by atoms with E-state index in [9.17, 15) is 4.79 Å². The highest BCUT2D eigenvalue weighted by molar-refractivity contribution is 5.67. The average Bonchev–Trinajstić information content (AvgIpc) is 1.97. The molecule has 14 heavy (non-hydrogen) atoms. The summed E-state index contributed by atoms with van der Waals surface area (Å²) >= 11 is 0. The van der Waals surface area contributed by atoms with Crippen LogP contribution in [0.15, 0.2) is 0 Å². The molecule has 84 valence electrons. The third-order valence-electron chi connectivity index (χ3n) is 1.57. The third-order valence-corrected chi connectivity index (χ3v) is 1.57. The lowest BCUT2D eigenvalue weighted by Crippen LogP contribution is -2.44. The molecule has 1 amide bonds. The molecule has 0 fully saturated rings. The minimum absolute atomic E-state index is 0.0721. The molecule has 0 spiro atoms. The van der Waals surface area contributed by atoms with Crippen LogP contribution in [-0.4, -0.2) is 42.9 Å². The molecule has 0 saturated heterocycles. The SMILES string of the molecule is CC(C)CN(C(=O)OC(C)C)N(C)C. The zero-order valence-corrected chi connectivity index (χ0v) is 10.1. The Balaban J connectivity index is 4.26. The topological polar surface area (TPSA) is 32.8 Å². The Kier molecular flexibility index (Phi) is 5.53. The maximum Gasteiger partial charge on any atom is 0.424 e. The molecule has 0 aromatic carbocycles. The first-order valence-corrected chi connectivity index (χ1v) is 5.00. The summed E-state index contributed by atoms with van der Waals surface area (Å²) in [5.41, 5.74) is 0. The lowest BCUT2D eigenvalue weighted by molar-refractivity contribution is -0.00705. The maximum atomic E-state index is 11.6. The first-order valence-electron chi connectivity index (χ1n) is 5.00. The van der Waals surface area contributed by atoms with E-state index in [-0.39, 0.29) is 12.2 Å². The molecular weight excluding hydrogens is 180 g/mol. The number of carbonyl (C=O) groups excluding carboxylic acids is 1. The molecule has 0 radical (unpaired) electrons. The van der Waals surface area contributed by atoms with Crippen LogP contribution >= 0.6 is 0 Å². The number of ether oxygens (including phenoxy) is 1. The second-order valence-electron chi connectivity index (χ2n) is 4.26. The highest BCUT2D eigenvalue weighted by atomic mass is 16.6. The predicted molar refractivity (Wildman–Crippen MR) is 56.8 cm³/mol. The molecule has 4 heteroatoms. The van der Waals surface area contributed by atoms with E-state index in [1.165, 1.54) is 0 Å². The van der Waals surface area contributed by atoms with E-state index in [1.807, 2.05) is 27.9 Å². The molecule has 0 unspecified atom stereocenters. The van der Waals surface area contributed by atoms with E-state index >= 15 is 0 Å². The molecule has 0 rings (SSSR count). The van der Waals surface area contributed by atoms with Gasteiger partial charge in [0.05, 0.1) is 6.10 Å². The van der Waals surface area contributed by atoms with Gasteiger partial charge in [-0.15, -0.1) is 0 Å². The molecular formula is C10H22N2O2. The fourth-order valence-corrected chi connectivity index (χ4v) is 1.01. The van der Waals surface area contributed by atoms with E-state index in [0.717, 1.165) is 0 Å². The van der Waals surface area contributed by atoms with Crippen molar-refractivity contribution >= 4 is 6.09 Å². The normalized spacial score (nSPS) is 11.2. The van der Waals surface area contributed by atoms with Crippen molar-refractivity contribution in [1.82, 2.24) is 10.0 Å². The van der Waals surface area contributed by atoms with Crippen molar-refractivity contribution < 1.29 is 9.53 Å². The van der Waals surface area contributed by atoms with Crippen molar-refractivity contribution in [3.8, 4) is 0 Å². The summed E-state index contributed by atoms with van der Waals surface area (Å²) in [6.45, 7) is 8.51. The highest BCUT2D eigenvalue weighted by Crippen LogP contribution is 2.04. The molecule has 0 saturated carbocycles. The molecule has 4 nitrogen and oxygen atoms in total. The summed E-state index contributed by atoms with van der Waals surface area (Å²) in [6, 6.07) is 0. The van der Waals surface area contributed by atoms with Gasteiger partial charge in [-0.3, -0.25) is 0 Å². The van der Waals surface area contributed by atoms with Crippen LogP contribution in [0.2, 0.25) is 0 Å². The van der Waals surface area contributed by atoms with Gasteiger partial charge in [0.15, 0.2) is 0 Å². The van der Waals surface area contributed by atoms with E-state index in [2.05, 4.69) is 13.8 Å². The number of nitrogens with zero attached hydrogens (tertiary/aromatic N) is 2. The molecule has 0 aliphatic rings. The van der Waals surface area contributed by atoms with Crippen molar-refractivity contribution in [3.63, 3.8) is 0 Å². The number of carbonyl (C=O) groups is 1. The quantitative estimate of drug-likeness (QED) is 0.653. The van der Waals surface area contributed by atoms with E-state index in [0.29, 0.717) is 12.5 Å². The monoisotopic (exact) mass is 202 g/mol. The van der Waals surface area contributed by atoms with Gasteiger partial charge < -0.3 is 4.74 Å². The van der Waals surface area contributed by atoms with Crippen LogP contribution in [0.3, 0.4) is 0 Å². The smallest absolute Gasteiger partial charge is 0.424 e. The van der Waals surface area contributed by atoms with Crippen LogP contribution in [0.1, 0.15) is 27.7 Å². The van der Waals surface area contributed by atoms with E-state index in [4.69, 9.17) is 4.74 Å². The first kappa shape index (κ1) is 13.2. The molecule has 0 heterocycles. The van der Waals surface area contributed by atoms with Gasteiger partial charge in [0.1, 0.15) is 0 Å². The first-order chi connectivity index (χ1) is 6.34. The summed E-state index contributed by atoms with van der Waals surface area (Å²) < 4.78 is 5.12. The number of hydrazine groups is 1. The minimum atomic E-state index is -0.279. The Bertz CT molecular complexity index is 179. The van der Waals surface area contributed by atoms with Gasteiger partial charge in [0.2, 0.25) is 0 Å². The van der Waals surface area contributed by atoms with Crippen molar-refractivity contribution in [2.45, 2.75) is 33.8 Å². The van der Waals surface area contributed by atoms with Gasteiger partial charge in [-0.2, -0.15) is 0 Å². The van der Waals surface area contributed by atoms with E-state index < -0.39 is 0 Å². The molecule has 0 aromatic rings. The van der Waals surface area contributed by atoms with Crippen LogP contribution < -0.4 is 0 Å². The summed E-state index contributed by atoms with van der Waals surface area (Å²) in [5.74, 6) is 0.428.